The van der Waals surface area contributed by atoms with Crippen LogP contribution in [0.15, 0.2) is 42.2 Å². The number of halogens is 5. The third-order valence-corrected chi connectivity index (χ3v) is 3.50. The Morgan fingerprint density at radius 1 is 0.826 bits per heavy atom. The Kier molecular flexibility index (Phi) is 5.53. The minimum atomic E-state index is -1.49. The number of aryl methyl sites for hydroxylation is 2. The van der Waals surface area contributed by atoms with Crippen LogP contribution in [0.3, 0.4) is 0 Å². The fourth-order valence-corrected chi connectivity index (χ4v) is 2.17. The van der Waals surface area contributed by atoms with Crippen molar-refractivity contribution in [2.24, 2.45) is 0 Å². The summed E-state index contributed by atoms with van der Waals surface area (Å²) in [5, 5.41) is 0. The van der Waals surface area contributed by atoms with Gasteiger partial charge in [0.05, 0.1) is 0 Å². The van der Waals surface area contributed by atoms with Crippen LogP contribution in [0.4, 0.5) is 22.0 Å². The van der Waals surface area contributed by atoms with Crippen LogP contribution in [0.1, 0.15) is 30.0 Å². The quantitative estimate of drug-likeness (QED) is 0.473. The third-order valence-electron chi connectivity index (χ3n) is 3.50. The van der Waals surface area contributed by atoms with Gasteiger partial charge in [0.2, 0.25) is 0 Å². The second kappa shape index (κ2) is 7.40. The molecule has 0 saturated carbocycles. The van der Waals surface area contributed by atoms with Crippen LogP contribution in [-0.2, 0) is 12.8 Å². The first-order chi connectivity index (χ1) is 10.9. The summed E-state index contributed by atoms with van der Waals surface area (Å²) in [7, 11) is 0. The molecule has 0 heterocycles. The van der Waals surface area contributed by atoms with Crippen molar-refractivity contribution >= 4 is 5.83 Å². The molecular weight excluding hydrogens is 311 g/mol. The van der Waals surface area contributed by atoms with Crippen LogP contribution in [0.5, 0.6) is 0 Å². The van der Waals surface area contributed by atoms with E-state index in [1.165, 1.54) is 19.1 Å². The number of hydrogen-bond donors (Lipinski definition) is 0. The summed E-state index contributed by atoms with van der Waals surface area (Å²) in [6.07, 6.45) is 0.719. The lowest BCUT2D eigenvalue weighted by Gasteiger charge is -2.05. The molecule has 0 fully saturated rings. The Balaban J connectivity index is 2.08. The second-order valence-electron chi connectivity index (χ2n) is 5.14. The topological polar surface area (TPSA) is 0 Å². The normalized spacial score (nSPS) is 12.3. The average molecular weight is 326 g/mol. The molecule has 0 spiro atoms. The van der Waals surface area contributed by atoms with E-state index in [9.17, 15) is 22.0 Å². The molecule has 2 aromatic rings. The van der Waals surface area contributed by atoms with Gasteiger partial charge in [-0.1, -0.05) is 31.2 Å². The first-order valence-corrected chi connectivity index (χ1v) is 7.19. The fraction of sp³-hybridized carbons (Fsp3) is 0.222. The van der Waals surface area contributed by atoms with E-state index in [4.69, 9.17) is 0 Å². The van der Waals surface area contributed by atoms with Gasteiger partial charge in [-0.25, -0.2) is 22.0 Å². The standard InChI is InChI=1S/C18H15F5/c1-2-14(19)17(22)13-7-5-11(6-8-13)3-4-12-9-15(20)18(23)16(21)10-12/h5-10H,2-4H2,1H3. The van der Waals surface area contributed by atoms with Crippen LogP contribution < -0.4 is 0 Å². The van der Waals surface area contributed by atoms with Crippen molar-refractivity contribution in [2.75, 3.05) is 0 Å². The lowest BCUT2D eigenvalue weighted by Crippen LogP contribution is -1.97. The molecule has 5 heteroatoms. The monoisotopic (exact) mass is 326 g/mol. The van der Waals surface area contributed by atoms with Gasteiger partial charge in [-0.05, 0) is 42.5 Å². The molecule has 0 bridgehead atoms. The molecule has 0 aliphatic heterocycles. The highest BCUT2D eigenvalue weighted by atomic mass is 19.2. The van der Waals surface area contributed by atoms with Crippen LogP contribution in [0.25, 0.3) is 5.83 Å². The van der Waals surface area contributed by atoms with E-state index in [0.29, 0.717) is 18.4 Å². The molecule has 2 aromatic carbocycles. The second-order valence-corrected chi connectivity index (χ2v) is 5.14. The Hall–Kier alpha value is -2.17. The summed E-state index contributed by atoms with van der Waals surface area (Å²) in [5.41, 5.74) is 1.27. The van der Waals surface area contributed by atoms with Crippen molar-refractivity contribution in [3.8, 4) is 0 Å². The van der Waals surface area contributed by atoms with Crippen molar-refractivity contribution in [2.45, 2.75) is 26.2 Å². The van der Waals surface area contributed by atoms with Gasteiger partial charge in [0, 0.05) is 5.56 Å². The largest absolute Gasteiger partial charge is 0.209 e. The van der Waals surface area contributed by atoms with Gasteiger partial charge >= 0.3 is 0 Å². The van der Waals surface area contributed by atoms with Crippen LogP contribution >= 0.6 is 0 Å². The van der Waals surface area contributed by atoms with Crippen molar-refractivity contribution in [3.63, 3.8) is 0 Å². The molecule has 0 N–H and O–H groups in total. The zero-order valence-corrected chi connectivity index (χ0v) is 12.5. The van der Waals surface area contributed by atoms with Crippen molar-refractivity contribution in [1.29, 1.82) is 0 Å². The summed E-state index contributed by atoms with van der Waals surface area (Å²) < 4.78 is 65.9. The zero-order chi connectivity index (χ0) is 17.0. The molecule has 0 aliphatic rings. The smallest absolute Gasteiger partial charge is 0.194 e. The minimum Gasteiger partial charge on any atom is -0.209 e. The summed E-state index contributed by atoms with van der Waals surface area (Å²) in [5.74, 6) is -5.63. The van der Waals surface area contributed by atoms with E-state index in [1.54, 1.807) is 12.1 Å². The lowest BCUT2D eigenvalue weighted by molar-refractivity contribution is 0.445. The molecular formula is C18H15F5. The van der Waals surface area contributed by atoms with Crippen molar-refractivity contribution in [1.82, 2.24) is 0 Å². The summed E-state index contributed by atoms with van der Waals surface area (Å²) >= 11 is 0. The first-order valence-electron chi connectivity index (χ1n) is 7.19. The Morgan fingerprint density at radius 3 is 1.87 bits per heavy atom. The molecule has 0 atom stereocenters. The maximum Gasteiger partial charge on any atom is 0.194 e. The summed E-state index contributed by atoms with van der Waals surface area (Å²) in [6, 6.07) is 8.04. The molecule has 0 nitrogen and oxygen atoms in total. The molecule has 0 aromatic heterocycles. The van der Waals surface area contributed by atoms with Gasteiger partial charge in [0.15, 0.2) is 23.3 Å². The van der Waals surface area contributed by atoms with Gasteiger partial charge in [0.25, 0.3) is 0 Å². The van der Waals surface area contributed by atoms with Gasteiger partial charge < -0.3 is 0 Å². The van der Waals surface area contributed by atoms with E-state index >= 15 is 0 Å². The van der Waals surface area contributed by atoms with E-state index in [-0.39, 0.29) is 12.0 Å². The van der Waals surface area contributed by atoms with Gasteiger partial charge in [0.1, 0.15) is 5.83 Å². The molecule has 0 unspecified atom stereocenters. The summed E-state index contributed by atoms with van der Waals surface area (Å²) in [4.78, 5) is 0. The lowest BCUT2D eigenvalue weighted by atomic mass is 10.0. The number of benzene rings is 2. The van der Waals surface area contributed by atoms with E-state index < -0.39 is 29.1 Å². The average Bonchev–Trinajstić information content (AvgIpc) is 2.56. The van der Waals surface area contributed by atoms with Crippen LogP contribution in [0, 0.1) is 17.5 Å². The SMILES string of the molecule is CCC(F)=C(F)c1ccc(CCc2cc(F)c(F)c(F)c2)cc1. The Labute approximate surface area is 131 Å². The Morgan fingerprint density at radius 2 is 1.35 bits per heavy atom. The van der Waals surface area contributed by atoms with Crippen molar-refractivity contribution < 1.29 is 22.0 Å². The van der Waals surface area contributed by atoms with Crippen LogP contribution in [0.2, 0.25) is 0 Å². The van der Waals surface area contributed by atoms with Crippen molar-refractivity contribution in [3.05, 3.63) is 76.4 Å². The molecule has 2 rings (SSSR count). The minimum absolute atomic E-state index is 0.0186. The molecule has 122 valence electrons. The van der Waals surface area contributed by atoms with Crippen LogP contribution in [-0.4, -0.2) is 0 Å². The molecule has 0 aliphatic carbocycles. The zero-order valence-electron chi connectivity index (χ0n) is 12.5. The number of hydrogen-bond acceptors (Lipinski definition) is 0. The maximum atomic E-state index is 13.6. The molecule has 23 heavy (non-hydrogen) atoms. The van der Waals surface area contributed by atoms with E-state index in [2.05, 4.69) is 0 Å². The number of allylic oxidation sites excluding steroid dienone is 1. The first kappa shape index (κ1) is 17.2. The fourth-order valence-electron chi connectivity index (χ4n) is 2.17. The Bertz CT molecular complexity index is 694. The maximum absolute atomic E-state index is 13.6. The molecule has 0 amide bonds. The van der Waals surface area contributed by atoms with E-state index in [1.807, 2.05) is 0 Å². The predicted molar refractivity (Wildman–Crippen MR) is 79.6 cm³/mol. The summed E-state index contributed by atoms with van der Waals surface area (Å²) in [6.45, 7) is 1.52. The molecule has 0 saturated heterocycles. The highest BCUT2D eigenvalue weighted by molar-refractivity contribution is 5.61. The highest BCUT2D eigenvalue weighted by Gasteiger charge is 2.11. The van der Waals surface area contributed by atoms with E-state index in [0.717, 1.165) is 17.7 Å². The van der Waals surface area contributed by atoms with Gasteiger partial charge in [-0.2, -0.15) is 0 Å². The highest BCUT2D eigenvalue weighted by Crippen LogP contribution is 2.24. The predicted octanol–water partition coefficient (Wildman–Crippen LogP) is 5.91. The number of rotatable bonds is 5. The third kappa shape index (κ3) is 4.18. The van der Waals surface area contributed by atoms with Gasteiger partial charge in [-0.15, -0.1) is 0 Å². The molecule has 0 radical (unpaired) electrons. The van der Waals surface area contributed by atoms with Gasteiger partial charge in [-0.3, -0.25) is 0 Å².